The van der Waals surface area contributed by atoms with Crippen molar-refractivity contribution in [2.45, 2.75) is 52.6 Å². The molecule has 178 valence electrons. The van der Waals surface area contributed by atoms with Gasteiger partial charge in [-0.15, -0.1) is 0 Å². The molecule has 0 aromatic heterocycles. The smallest absolute Gasteiger partial charge is 0.266 e. The molecule has 6 heteroatoms. The number of thioether (sulfide) groups is 1. The molecule has 1 fully saturated rings. The van der Waals surface area contributed by atoms with Gasteiger partial charge in [-0.3, -0.25) is 14.5 Å². The molecule has 34 heavy (non-hydrogen) atoms. The molecule has 4 nitrogen and oxygen atoms in total. The number of hydrogen-bond donors (Lipinski definition) is 0. The molecule has 0 aliphatic carbocycles. The maximum atomic E-state index is 13.1. The molecular formula is C28H32N2O2S2. The SMILES string of the molecule is CC(=Cc1ccccc1)C=C1SC(=S)N(CCCC(=O)N(Cc2ccccc2)C(C)(C)C)C1=O. The topological polar surface area (TPSA) is 40.6 Å². The number of thiocarbonyl (C=S) groups is 1. The molecule has 1 heterocycles. The van der Waals surface area contributed by atoms with Gasteiger partial charge in [-0.2, -0.15) is 0 Å². The fourth-order valence-electron chi connectivity index (χ4n) is 3.74. The number of amides is 2. The lowest BCUT2D eigenvalue weighted by molar-refractivity contribution is -0.137. The van der Waals surface area contributed by atoms with E-state index in [2.05, 4.69) is 0 Å². The van der Waals surface area contributed by atoms with Gasteiger partial charge in [-0.25, -0.2) is 0 Å². The number of carbonyl (C=O) groups is 2. The van der Waals surface area contributed by atoms with Crippen LogP contribution < -0.4 is 0 Å². The Bertz CT molecular complexity index is 1090. The average Bonchev–Trinajstić information content (AvgIpc) is 3.05. The Morgan fingerprint density at radius 1 is 1.06 bits per heavy atom. The monoisotopic (exact) mass is 492 g/mol. The molecule has 0 bridgehead atoms. The molecule has 3 rings (SSSR count). The lowest BCUT2D eigenvalue weighted by Gasteiger charge is -2.36. The van der Waals surface area contributed by atoms with Crippen molar-refractivity contribution in [3.05, 3.63) is 88.3 Å². The predicted molar refractivity (Wildman–Crippen MR) is 146 cm³/mol. The minimum absolute atomic E-state index is 0.0824. The summed E-state index contributed by atoms with van der Waals surface area (Å²) in [7, 11) is 0. The lowest BCUT2D eigenvalue weighted by atomic mass is 10.0. The van der Waals surface area contributed by atoms with E-state index in [0.29, 0.717) is 35.2 Å². The molecule has 0 radical (unpaired) electrons. The number of nitrogens with zero attached hydrogens (tertiary/aromatic N) is 2. The molecule has 0 unspecified atom stereocenters. The summed E-state index contributed by atoms with van der Waals surface area (Å²) in [6.45, 7) is 9.13. The van der Waals surface area contributed by atoms with Crippen molar-refractivity contribution in [1.82, 2.24) is 9.80 Å². The highest BCUT2D eigenvalue weighted by Crippen LogP contribution is 2.32. The largest absolute Gasteiger partial charge is 0.334 e. The van der Waals surface area contributed by atoms with Gasteiger partial charge in [-0.05, 0) is 56.9 Å². The van der Waals surface area contributed by atoms with Crippen molar-refractivity contribution in [3.8, 4) is 0 Å². The van der Waals surface area contributed by atoms with Crippen molar-refractivity contribution in [1.29, 1.82) is 0 Å². The van der Waals surface area contributed by atoms with Gasteiger partial charge in [0.1, 0.15) is 4.32 Å². The van der Waals surface area contributed by atoms with Crippen molar-refractivity contribution in [2.24, 2.45) is 0 Å². The van der Waals surface area contributed by atoms with E-state index in [0.717, 1.165) is 16.7 Å². The first kappa shape index (κ1) is 25.9. The van der Waals surface area contributed by atoms with Crippen LogP contribution >= 0.6 is 24.0 Å². The van der Waals surface area contributed by atoms with E-state index >= 15 is 0 Å². The van der Waals surface area contributed by atoms with Gasteiger partial charge in [0, 0.05) is 25.0 Å². The maximum Gasteiger partial charge on any atom is 0.266 e. The maximum absolute atomic E-state index is 13.1. The standard InChI is InChI=1S/C28H32N2O2S2/c1-21(18-22-12-7-5-8-13-22)19-24-26(32)29(27(33)34-24)17-11-16-25(31)30(28(2,3)4)20-23-14-9-6-10-15-23/h5-10,12-15,18-19H,11,16-17,20H2,1-4H3. The molecule has 2 aromatic carbocycles. The Morgan fingerprint density at radius 3 is 2.29 bits per heavy atom. The van der Waals surface area contributed by atoms with Gasteiger partial charge in [0.05, 0.1) is 4.91 Å². The van der Waals surface area contributed by atoms with Crippen LogP contribution in [0, 0.1) is 0 Å². The predicted octanol–water partition coefficient (Wildman–Crippen LogP) is 6.44. The summed E-state index contributed by atoms with van der Waals surface area (Å²) < 4.78 is 0.549. The third-order valence-electron chi connectivity index (χ3n) is 5.49. The number of rotatable bonds is 8. The summed E-state index contributed by atoms with van der Waals surface area (Å²) in [6.07, 6.45) is 4.86. The molecular weight excluding hydrogens is 460 g/mol. The second kappa shape index (κ2) is 11.6. The van der Waals surface area contributed by atoms with Crippen LogP contribution in [0.25, 0.3) is 6.08 Å². The van der Waals surface area contributed by atoms with E-state index in [9.17, 15) is 9.59 Å². The van der Waals surface area contributed by atoms with Crippen LogP contribution in [0.15, 0.2) is 77.2 Å². The van der Waals surface area contributed by atoms with Crippen LogP contribution in [-0.4, -0.2) is 38.0 Å². The second-order valence-electron chi connectivity index (χ2n) is 9.37. The quantitative estimate of drug-likeness (QED) is 0.314. The normalized spacial score (nSPS) is 15.8. The van der Waals surface area contributed by atoms with Crippen LogP contribution in [0.2, 0.25) is 0 Å². The Morgan fingerprint density at radius 2 is 1.68 bits per heavy atom. The highest BCUT2D eigenvalue weighted by Gasteiger charge is 2.32. The zero-order valence-corrected chi connectivity index (χ0v) is 21.9. The molecule has 2 amide bonds. The van der Waals surface area contributed by atoms with Crippen LogP contribution in [0.5, 0.6) is 0 Å². The summed E-state index contributed by atoms with van der Waals surface area (Å²) in [5, 5.41) is 0. The molecule has 1 aliphatic rings. The minimum atomic E-state index is -0.292. The lowest BCUT2D eigenvalue weighted by Crippen LogP contribution is -2.45. The third-order valence-corrected chi connectivity index (χ3v) is 6.87. The summed E-state index contributed by atoms with van der Waals surface area (Å²) in [4.78, 5) is 30.2. The van der Waals surface area contributed by atoms with Crippen LogP contribution in [-0.2, 0) is 16.1 Å². The molecule has 1 aliphatic heterocycles. The molecule has 0 atom stereocenters. The van der Waals surface area contributed by atoms with Gasteiger partial charge in [0.2, 0.25) is 5.91 Å². The fraction of sp³-hybridized carbons (Fsp3) is 0.321. The minimum Gasteiger partial charge on any atom is -0.334 e. The Kier molecular flexibility index (Phi) is 8.86. The van der Waals surface area contributed by atoms with Crippen molar-refractivity contribution >= 4 is 46.2 Å². The van der Waals surface area contributed by atoms with Gasteiger partial charge in [0.25, 0.3) is 5.91 Å². The first-order valence-electron chi connectivity index (χ1n) is 11.5. The Balaban J connectivity index is 1.59. The molecule has 1 saturated heterocycles. The van der Waals surface area contributed by atoms with Gasteiger partial charge < -0.3 is 4.90 Å². The van der Waals surface area contributed by atoms with E-state index in [1.165, 1.54) is 11.8 Å². The fourth-order valence-corrected chi connectivity index (χ4v) is 5.10. The molecule has 2 aromatic rings. The van der Waals surface area contributed by atoms with E-state index in [1.807, 2.05) is 105 Å². The zero-order chi connectivity index (χ0) is 24.7. The molecule has 0 N–H and O–H groups in total. The average molecular weight is 493 g/mol. The highest BCUT2D eigenvalue weighted by molar-refractivity contribution is 8.26. The van der Waals surface area contributed by atoms with Gasteiger partial charge in [-0.1, -0.05) is 90.7 Å². The first-order chi connectivity index (χ1) is 16.1. The Labute approximate surface area is 212 Å². The van der Waals surface area contributed by atoms with Crippen LogP contribution in [0.3, 0.4) is 0 Å². The van der Waals surface area contributed by atoms with E-state index in [-0.39, 0.29) is 17.4 Å². The van der Waals surface area contributed by atoms with E-state index in [4.69, 9.17) is 12.2 Å². The van der Waals surface area contributed by atoms with Crippen molar-refractivity contribution in [2.75, 3.05) is 6.54 Å². The third kappa shape index (κ3) is 7.15. The Hall–Kier alpha value is -2.70. The highest BCUT2D eigenvalue weighted by atomic mass is 32.2. The van der Waals surface area contributed by atoms with Crippen molar-refractivity contribution in [3.63, 3.8) is 0 Å². The van der Waals surface area contributed by atoms with E-state index < -0.39 is 0 Å². The number of hydrogen-bond acceptors (Lipinski definition) is 4. The number of allylic oxidation sites excluding steroid dienone is 2. The zero-order valence-electron chi connectivity index (χ0n) is 20.3. The summed E-state index contributed by atoms with van der Waals surface area (Å²) in [6, 6.07) is 20.0. The number of carbonyl (C=O) groups excluding carboxylic acids is 2. The first-order valence-corrected chi connectivity index (χ1v) is 12.7. The summed E-state index contributed by atoms with van der Waals surface area (Å²) in [5.41, 5.74) is 2.89. The van der Waals surface area contributed by atoms with Crippen molar-refractivity contribution < 1.29 is 9.59 Å². The van der Waals surface area contributed by atoms with E-state index in [1.54, 1.807) is 4.90 Å². The molecule has 0 saturated carbocycles. The molecule has 0 spiro atoms. The summed E-state index contributed by atoms with van der Waals surface area (Å²) in [5.74, 6) is -0.000742. The summed E-state index contributed by atoms with van der Waals surface area (Å²) >= 11 is 6.79. The van der Waals surface area contributed by atoms with Crippen LogP contribution in [0.4, 0.5) is 0 Å². The van der Waals surface area contributed by atoms with Gasteiger partial charge >= 0.3 is 0 Å². The number of benzene rings is 2. The second-order valence-corrected chi connectivity index (χ2v) is 11.0. The van der Waals surface area contributed by atoms with Crippen LogP contribution in [0.1, 0.15) is 51.7 Å². The van der Waals surface area contributed by atoms with Gasteiger partial charge in [0.15, 0.2) is 0 Å².